The average molecular weight is 444 g/mol. The van der Waals surface area contributed by atoms with Gasteiger partial charge in [0.1, 0.15) is 0 Å². The summed E-state index contributed by atoms with van der Waals surface area (Å²) in [6.45, 7) is 9.37. The third kappa shape index (κ3) is 7.27. The number of carbonyl (C=O) groups is 1. The van der Waals surface area contributed by atoms with Crippen molar-refractivity contribution < 1.29 is 65.7 Å². The third-order valence-corrected chi connectivity index (χ3v) is 5.95. The van der Waals surface area contributed by atoms with Gasteiger partial charge in [-0.2, -0.15) is 12.8 Å². The molecule has 1 aliphatic heterocycles. The van der Waals surface area contributed by atoms with Crippen LogP contribution in [0.5, 0.6) is 0 Å². The number of anilines is 1. The van der Waals surface area contributed by atoms with E-state index >= 15 is 0 Å². The van der Waals surface area contributed by atoms with Crippen LogP contribution < -0.4 is 56.7 Å². The minimum Gasteiger partial charge on any atom is -0.391 e. The van der Waals surface area contributed by atoms with E-state index in [0.29, 0.717) is 11.5 Å². The number of hydrogen-bond acceptors (Lipinski definition) is 3. The van der Waals surface area contributed by atoms with Crippen LogP contribution in [0.2, 0.25) is 0 Å². The predicted octanol–water partition coefficient (Wildman–Crippen LogP) is 2.08. The van der Waals surface area contributed by atoms with Crippen LogP contribution in [0, 0.1) is 33.1 Å². The average Bonchev–Trinajstić information content (AvgIpc) is 2.72. The van der Waals surface area contributed by atoms with E-state index < -0.39 is 0 Å². The van der Waals surface area contributed by atoms with E-state index in [1.807, 2.05) is 31.4 Å². The first-order valence-corrected chi connectivity index (χ1v) is 10.6. The molecule has 1 aliphatic carbocycles. The largest absolute Gasteiger partial charge is 1.00 e. The fraction of sp³-hybridized carbons (Fsp3) is 0.385. The van der Waals surface area contributed by atoms with E-state index in [1.54, 1.807) is 6.07 Å². The minimum atomic E-state index is 0. The molecule has 0 unspecified atom stereocenters. The molecule has 1 saturated heterocycles. The van der Waals surface area contributed by atoms with Crippen LogP contribution >= 0.6 is 0 Å². The number of hydrogen-bond donors (Lipinski definition) is 1. The second-order valence-corrected chi connectivity index (χ2v) is 8.14. The monoisotopic (exact) mass is 443 g/mol. The standard InChI is InChI=1S/C17H22NO2.C9H8O.K/c1-12-7-8-15(9-16(12)14-10-20-11-14)18-17(19)13-5-3-2-4-6-13;1-7-4-3-5-9(6-10)8(7)2;/h2,7-9,13-14H,3-6,10-11H2,1H3,(H,18,19);3-5H,2H2,1H3;/q-1;-2;+1. The molecule has 160 valence electrons. The van der Waals surface area contributed by atoms with E-state index in [4.69, 9.17) is 4.74 Å². The zero-order chi connectivity index (χ0) is 21.5. The molecule has 4 nitrogen and oxygen atoms in total. The van der Waals surface area contributed by atoms with E-state index in [2.05, 4.69) is 37.7 Å². The first-order chi connectivity index (χ1) is 14.5. The van der Waals surface area contributed by atoms with Crippen molar-refractivity contribution in [1.29, 1.82) is 0 Å². The topological polar surface area (TPSA) is 55.4 Å². The molecule has 2 aromatic rings. The maximum Gasteiger partial charge on any atom is 1.00 e. The van der Waals surface area contributed by atoms with Gasteiger partial charge in [0.05, 0.1) is 13.2 Å². The Hall–Kier alpha value is -0.954. The molecule has 1 amide bonds. The number of nitrogens with one attached hydrogen (secondary N) is 1. The second-order valence-electron chi connectivity index (χ2n) is 8.14. The van der Waals surface area contributed by atoms with Crippen molar-refractivity contribution in [3.8, 4) is 0 Å². The normalized spacial score (nSPS) is 16.2. The second kappa shape index (κ2) is 12.9. The van der Waals surface area contributed by atoms with Crippen molar-refractivity contribution in [2.45, 2.75) is 45.4 Å². The van der Waals surface area contributed by atoms with Gasteiger partial charge in [0.2, 0.25) is 5.91 Å². The molecule has 31 heavy (non-hydrogen) atoms. The van der Waals surface area contributed by atoms with Gasteiger partial charge in [0.15, 0.2) is 0 Å². The Bertz CT molecular complexity index is 886. The van der Waals surface area contributed by atoms with Crippen molar-refractivity contribution in [2.75, 3.05) is 18.5 Å². The Morgan fingerprint density at radius 2 is 1.84 bits per heavy atom. The molecule has 0 atom stereocenters. The van der Waals surface area contributed by atoms with Crippen LogP contribution in [0.15, 0.2) is 36.4 Å². The molecule has 1 heterocycles. The van der Waals surface area contributed by atoms with Gasteiger partial charge < -0.3 is 21.3 Å². The molecular formula is C26H30KNO3-2. The van der Waals surface area contributed by atoms with Crippen molar-refractivity contribution in [3.05, 3.63) is 77.6 Å². The number of ether oxygens (including phenoxy) is 1. The summed E-state index contributed by atoms with van der Waals surface area (Å²) < 4.78 is 5.27. The molecule has 1 saturated carbocycles. The van der Waals surface area contributed by atoms with Gasteiger partial charge in [0.25, 0.3) is 0 Å². The molecule has 0 aromatic heterocycles. The zero-order valence-corrected chi connectivity index (χ0v) is 22.0. The van der Waals surface area contributed by atoms with Gasteiger partial charge in [-0.1, -0.05) is 25.8 Å². The molecule has 4 rings (SSSR count). The molecule has 2 aliphatic rings. The minimum absolute atomic E-state index is 0. The van der Waals surface area contributed by atoms with E-state index in [9.17, 15) is 9.59 Å². The molecular weight excluding hydrogens is 413 g/mol. The first kappa shape index (κ1) is 26.3. The van der Waals surface area contributed by atoms with Crippen LogP contribution in [0.1, 0.15) is 59.4 Å². The van der Waals surface area contributed by atoms with Crippen LogP contribution in [0.25, 0.3) is 0 Å². The quantitative estimate of drug-likeness (QED) is 0.582. The molecule has 0 radical (unpaired) electrons. The van der Waals surface area contributed by atoms with Gasteiger partial charge in [0, 0.05) is 17.5 Å². The fourth-order valence-electron chi connectivity index (χ4n) is 3.80. The Labute approximate surface area is 229 Å². The van der Waals surface area contributed by atoms with Crippen molar-refractivity contribution >= 4 is 17.9 Å². The van der Waals surface area contributed by atoms with Crippen molar-refractivity contribution in [3.63, 3.8) is 0 Å². The summed E-state index contributed by atoms with van der Waals surface area (Å²) in [5, 5.41) is 3.09. The maximum atomic E-state index is 12.3. The summed E-state index contributed by atoms with van der Waals surface area (Å²) in [7, 11) is 0. The Morgan fingerprint density at radius 3 is 2.42 bits per heavy atom. The van der Waals surface area contributed by atoms with Crippen LogP contribution in [0.3, 0.4) is 0 Å². The summed E-state index contributed by atoms with van der Waals surface area (Å²) in [4.78, 5) is 22.5. The first-order valence-electron chi connectivity index (χ1n) is 10.6. The fourth-order valence-corrected chi connectivity index (χ4v) is 3.80. The Kier molecular flexibility index (Phi) is 11.0. The molecule has 0 bridgehead atoms. The van der Waals surface area contributed by atoms with E-state index in [0.717, 1.165) is 55.7 Å². The smallest absolute Gasteiger partial charge is 0.391 e. The number of benzene rings is 2. The number of carbonyl (C=O) groups excluding carboxylic acids is 2. The summed E-state index contributed by atoms with van der Waals surface area (Å²) >= 11 is 0. The van der Waals surface area contributed by atoms with E-state index in [1.165, 1.54) is 11.1 Å². The maximum absolute atomic E-state index is 12.3. The molecule has 0 spiro atoms. The van der Waals surface area contributed by atoms with Gasteiger partial charge in [-0.3, -0.25) is 22.8 Å². The summed E-state index contributed by atoms with van der Waals surface area (Å²) in [6.07, 6.45) is 8.21. The van der Waals surface area contributed by atoms with Crippen molar-refractivity contribution in [2.24, 2.45) is 5.92 Å². The number of rotatable bonds is 4. The summed E-state index contributed by atoms with van der Waals surface area (Å²) in [6, 6.07) is 11.7. The zero-order valence-electron chi connectivity index (χ0n) is 18.9. The van der Waals surface area contributed by atoms with Crippen LogP contribution in [0.4, 0.5) is 5.69 Å². The van der Waals surface area contributed by atoms with Gasteiger partial charge in [-0.05, 0) is 36.5 Å². The van der Waals surface area contributed by atoms with Crippen LogP contribution in [-0.4, -0.2) is 25.4 Å². The Morgan fingerprint density at radius 1 is 1.13 bits per heavy atom. The molecule has 1 N–H and O–H groups in total. The van der Waals surface area contributed by atoms with Gasteiger partial charge in [-0.15, -0.1) is 12.1 Å². The van der Waals surface area contributed by atoms with Gasteiger partial charge in [-0.25, -0.2) is 11.6 Å². The molecule has 2 fully saturated rings. The molecule has 5 heteroatoms. The third-order valence-electron chi connectivity index (χ3n) is 5.95. The van der Waals surface area contributed by atoms with Crippen molar-refractivity contribution in [1.82, 2.24) is 0 Å². The number of aryl methyl sites for hydroxylation is 2. The number of amides is 1. The van der Waals surface area contributed by atoms with Crippen LogP contribution in [-0.2, 0) is 14.3 Å². The molecule has 2 aromatic carbocycles. The SMILES string of the molecule is Cc1ccc(NC(=O)C2CC[CH-]CC2)cc1C1COC1.[CH2-]c1c(C)cccc1[C-]=O.[K+]. The summed E-state index contributed by atoms with van der Waals surface area (Å²) in [5.74, 6) is 0.852. The predicted molar refractivity (Wildman–Crippen MR) is 120 cm³/mol. The van der Waals surface area contributed by atoms with E-state index in [-0.39, 0.29) is 63.2 Å². The Balaban J connectivity index is 0.000000264. The summed E-state index contributed by atoms with van der Waals surface area (Å²) in [5.41, 5.74) is 5.88. The van der Waals surface area contributed by atoms with Gasteiger partial charge >= 0.3 is 51.4 Å².